The highest BCUT2D eigenvalue weighted by Gasteiger charge is 2.45. The summed E-state index contributed by atoms with van der Waals surface area (Å²) in [5.74, 6) is -2.88. The lowest BCUT2D eigenvalue weighted by Gasteiger charge is -2.26. The molecule has 1 aromatic carbocycles. The monoisotopic (exact) mass is 365 g/mol. The largest absolute Gasteiger partial charge is 0.367 e. The first-order chi connectivity index (χ1) is 12.0. The number of carbonyl (C=O) groups is 1. The number of amides is 2. The van der Waals surface area contributed by atoms with Crippen LogP contribution in [0.3, 0.4) is 0 Å². The smallest absolute Gasteiger partial charge is 0.316 e. The summed E-state index contributed by atoms with van der Waals surface area (Å²) in [7, 11) is 0. The molecule has 1 aromatic heterocycles. The molecule has 0 bridgehead atoms. The Labute approximate surface area is 147 Å². The zero-order valence-electron chi connectivity index (χ0n) is 12.9. The molecule has 0 aliphatic carbocycles. The standard InChI is InChI=1S/C16H14ClF2N5O/c17-23(11-12-4-2-1-3-5-12)15(25)24(19)16(18)10-14(21-22-16)13-6-8-20-9-7-13/h1-10,21-22H,11H2. The fourth-order valence-corrected chi connectivity index (χ4v) is 2.46. The Morgan fingerprint density at radius 2 is 1.88 bits per heavy atom. The second-order valence-electron chi connectivity index (χ2n) is 5.29. The van der Waals surface area contributed by atoms with Gasteiger partial charge in [0.1, 0.15) is 0 Å². The van der Waals surface area contributed by atoms with Crippen LogP contribution in [0, 0.1) is 0 Å². The van der Waals surface area contributed by atoms with Crippen molar-refractivity contribution in [3.8, 4) is 0 Å². The number of benzene rings is 1. The van der Waals surface area contributed by atoms with Crippen molar-refractivity contribution < 1.29 is 13.7 Å². The summed E-state index contributed by atoms with van der Waals surface area (Å²) < 4.78 is 29.7. The van der Waals surface area contributed by atoms with Gasteiger partial charge in [0.15, 0.2) is 0 Å². The van der Waals surface area contributed by atoms with Crippen LogP contribution >= 0.6 is 11.8 Å². The maximum absolute atomic E-state index is 14.8. The topological polar surface area (TPSA) is 60.5 Å². The minimum atomic E-state index is -2.88. The summed E-state index contributed by atoms with van der Waals surface area (Å²) in [5.41, 5.74) is 6.12. The molecule has 3 rings (SSSR count). The molecule has 0 fully saturated rings. The van der Waals surface area contributed by atoms with E-state index >= 15 is 0 Å². The summed E-state index contributed by atoms with van der Waals surface area (Å²) in [4.78, 5) is 15.9. The van der Waals surface area contributed by atoms with Gasteiger partial charge in [0.25, 0.3) is 0 Å². The number of nitrogens with one attached hydrogen (secondary N) is 2. The molecule has 25 heavy (non-hydrogen) atoms. The number of hydrazine groups is 1. The lowest BCUT2D eigenvalue weighted by Crippen LogP contribution is -2.55. The second-order valence-corrected chi connectivity index (χ2v) is 5.69. The van der Waals surface area contributed by atoms with E-state index in [4.69, 9.17) is 11.8 Å². The van der Waals surface area contributed by atoms with Crippen molar-refractivity contribution in [2.24, 2.45) is 0 Å². The Balaban J connectivity index is 1.72. The highest BCUT2D eigenvalue weighted by Crippen LogP contribution is 2.28. The number of hydrogen-bond acceptors (Lipinski definition) is 4. The van der Waals surface area contributed by atoms with E-state index in [1.165, 1.54) is 12.4 Å². The number of pyridine rings is 1. The molecular weight excluding hydrogens is 352 g/mol. The minimum Gasteiger partial charge on any atom is -0.316 e. The van der Waals surface area contributed by atoms with Crippen molar-refractivity contribution in [2.45, 2.75) is 12.5 Å². The summed E-state index contributed by atoms with van der Waals surface area (Å²) >= 11 is 5.81. The average molecular weight is 366 g/mol. The summed E-state index contributed by atoms with van der Waals surface area (Å²) in [6.45, 7) is -0.0773. The number of aromatic nitrogens is 1. The van der Waals surface area contributed by atoms with Crippen LogP contribution in [0.5, 0.6) is 0 Å². The maximum Gasteiger partial charge on any atom is 0.367 e. The Kier molecular flexibility index (Phi) is 4.82. The number of carbonyl (C=O) groups excluding carboxylic acids is 1. The second kappa shape index (κ2) is 7.04. The highest BCUT2D eigenvalue weighted by molar-refractivity contribution is 6.20. The molecule has 1 atom stereocenters. The molecule has 0 spiro atoms. The van der Waals surface area contributed by atoms with Gasteiger partial charge in [-0.2, -0.15) is 9.82 Å². The predicted octanol–water partition coefficient (Wildman–Crippen LogP) is 3.12. The van der Waals surface area contributed by atoms with Gasteiger partial charge in [-0.15, -0.1) is 5.12 Å². The van der Waals surface area contributed by atoms with E-state index in [0.717, 1.165) is 6.08 Å². The lowest BCUT2D eigenvalue weighted by atomic mass is 10.2. The van der Waals surface area contributed by atoms with Gasteiger partial charge >= 0.3 is 11.9 Å². The third-order valence-electron chi connectivity index (χ3n) is 3.52. The Morgan fingerprint density at radius 3 is 2.56 bits per heavy atom. The Hall–Kier alpha value is -2.71. The van der Waals surface area contributed by atoms with Crippen LogP contribution in [0.1, 0.15) is 11.1 Å². The molecule has 2 N–H and O–H groups in total. The van der Waals surface area contributed by atoms with Crippen LogP contribution in [0.25, 0.3) is 5.70 Å². The van der Waals surface area contributed by atoms with Crippen molar-refractivity contribution in [1.29, 1.82) is 0 Å². The van der Waals surface area contributed by atoms with E-state index in [2.05, 4.69) is 15.8 Å². The molecule has 1 aliphatic rings. The molecule has 0 radical (unpaired) electrons. The van der Waals surface area contributed by atoms with Crippen LogP contribution in [0.15, 0.2) is 60.9 Å². The highest BCUT2D eigenvalue weighted by atomic mass is 35.5. The van der Waals surface area contributed by atoms with Crippen LogP contribution in [0.2, 0.25) is 0 Å². The van der Waals surface area contributed by atoms with Crippen LogP contribution in [0.4, 0.5) is 13.7 Å². The average Bonchev–Trinajstić information content (AvgIpc) is 3.05. The van der Waals surface area contributed by atoms with Crippen molar-refractivity contribution in [3.05, 3.63) is 72.1 Å². The number of halogens is 3. The predicted molar refractivity (Wildman–Crippen MR) is 88.5 cm³/mol. The van der Waals surface area contributed by atoms with E-state index in [1.54, 1.807) is 42.5 Å². The van der Waals surface area contributed by atoms with Gasteiger partial charge in [-0.1, -0.05) is 34.8 Å². The zero-order chi connectivity index (χ0) is 17.9. The lowest BCUT2D eigenvalue weighted by molar-refractivity contribution is -0.109. The SMILES string of the molecule is O=C(N(Cl)Cc1ccccc1)N(F)C1(F)C=C(c2ccncc2)NN1. The van der Waals surface area contributed by atoms with Gasteiger partial charge in [-0.3, -0.25) is 4.98 Å². The zero-order valence-corrected chi connectivity index (χ0v) is 13.6. The minimum absolute atomic E-state index is 0.0773. The number of nitrogens with zero attached hydrogens (tertiary/aromatic N) is 3. The molecule has 1 unspecified atom stereocenters. The molecule has 2 heterocycles. The van der Waals surface area contributed by atoms with Crippen molar-refractivity contribution in [2.75, 3.05) is 0 Å². The Bertz CT molecular complexity index is 777. The van der Waals surface area contributed by atoms with Gasteiger partial charge in [0, 0.05) is 35.8 Å². The van der Waals surface area contributed by atoms with Gasteiger partial charge < -0.3 is 5.43 Å². The van der Waals surface area contributed by atoms with Gasteiger partial charge in [0.2, 0.25) is 0 Å². The molecule has 0 saturated carbocycles. The first kappa shape index (κ1) is 17.1. The number of hydrogen-bond donors (Lipinski definition) is 2. The van der Waals surface area contributed by atoms with Crippen molar-refractivity contribution in [3.63, 3.8) is 0 Å². The van der Waals surface area contributed by atoms with Crippen LogP contribution < -0.4 is 10.9 Å². The van der Waals surface area contributed by atoms with E-state index in [0.29, 0.717) is 15.5 Å². The first-order valence-corrected chi connectivity index (χ1v) is 7.66. The third kappa shape index (κ3) is 3.70. The number of alkyl halides is 1. The number of rotatable bonds is 4. The molecular formula is C16H14ClF2N5O. The molecule has 0 saturated heterocycles. The van der Waals surface area contributed by atoms with E-state index in [1.807, 2.05) is 0 Å². The van der Waals surface area contributed by atoms with Crippen molar-refractivity contribution in [1.82, 2.24) is 25.4 Å². The van der Waals surface area contributed by atoms with E-state index < -0.39 is 17.1 Å². The first-order valence-electron chi connectivity index (χ1n) is 7.32. The quantitative estimate of drug-likeness (QED) is 0.645. The maximum atomic E-state index is 14.8. The summed E-state index contributed by atoms with van der Waals surface area (Å²) in [6.07, 6.45) is 3.93. The molecule has 2 aromatic rings. The van der Waals surface area contributed by atoms with Crippen LogP contribution in [-0.2, 0) is 6.54 Å². The fourth-order valence-electron chi connectivity index (χ4n) is 2.26. The van der Waals surface area contributed by atoms with E-state index in [-0.39, 0.29) is 12.2 Å². The fraction of sp³-hybridized carbons (Fsp3) is 0.125. The molecule has 1 aliphatic heterocycles. The van der Waals surface area contributed by atoms with Gasteiger partial charge in [-0.25, -0.2) is 9.21 Å². The summed E-state index contributed by atoms with van der Waals surface area (Å²) in [6, 6.07) is 10.6. The number of urea groups is 1. The van der Waals surface area contributed by atoms with Gasteiger partial charge in [-0.05, 0) is 17.7 Å². The Morgan fingerprint density at radius 1 is 1.20 bits per heavy atom. The third-order valence-corrected chi connectivity index (χ3v) is 3.79. The van der Waals surface area contributed by atoms with E-state index in [9.17, 15) is 13.7 Å². The molecule has 9 heteroatoms. The van der Waals surface area contributed by atoms with Crippen LogP contribution in [-0.4, -0.2) is 26.5 Å². The van der Waals surface area contributed by atoms with Gasteiger partial charge in [0.05, 0.1) is 12.2 Å². The van der Waals surface area contributed by atoms with Crippen molar-refractivity contribution >= 4 is 23.5 Å². The molecule has 130 valence electrons. The molecule has 6 nitrogen and oxygen atoms in total. The molecule has 2 amide bonds. The summed E-state index contributed by atoms with van der Waals surface area (Å²) in [5, 5.41) is -0.607. The normalized spacial score (nSPS) is 19.1.